The fraction of sp³-hybridized carbons (Fsp3) is 0.600. The van der Waals surface area contributed by atoms with Gasteiger partial charge in [-0.3, -0.25) is 11.3 Å². The maximum Gasteiger partial charge on any atom is 0.197 e. The average Bonchev–Trinajstić information content (AvgIpc) is 2.60. The first-order valence-corrected chi connectivity index (χ1v) is 5.25. The predicted octanol–water partition coefficient (Wildman–Crippen LogP) is 2.87. The highest BCUT2D eigenvalue weighted by Gasteiger charge is 2.17. The summed E-state index contributed by atoms with van der Waals surface area (Å²) in [5.74, 6) is 6.10. The number of nitrogens with two attached hydrogens (primary N) is 1. The van der Waals surface area contributed by atoms with Gasteiger partial charge in [-0.2, -0.15) is 0 Å². The molecule has 0 amide bonds. The van der Waals surface area contributed by atoms with Crippen molar-refractivity contribution >= 4 is 11.6 Å². The Morgan fingerprint density at radius 1 is 1.64 bits per heavy atom. The Morgan fingerprint density at radius 2 is 2.36 bits per heavy atom. The Bertz CT molecular complexity index is 275. The molecule has 0 aromatic carbocycles. The van der Waals surface area contributed by atoms with Gasteiger partial charge in [0.2, 0.25) is 0 Å². The zero-order chi connectivity index (χ0) is 10.6. The Balaban J connectivity index is 2.67. The van der Waals surface area contributed by atoms with E-state index in [0.29, 0.717) is 11.1 Å². The molecule has 0 bridgehead atoms. The Morgan fingerprint density at radius 3 is 2.79 bits per heavy atom. The van der Waals surface area contributed by atoms with Crippen molar-refractivity contribution < 1.29 is 4.42 Å². The largest absolute Gasteiger partial charge is 0.453 e. The summed E-state index contributed by atoms with van der Waals surface area (Å²) in [4.78, 5) is 0. The Kier molecular flexibility index (Phi) is 4.45. The van der Waals surface area contributed by atoms with E-state index in [1.807, 2.05) is 6.07 Å². The number of hydrogen-bond acceptors (Lipinski definition) is 3. The van der Waals surface area contributed by atoms with Crippen molar-refractivity contribution in [3.63, 3.8) is 0 Å². The molecule has 1 aromatic rings. The first-order chi connectivity index (χ1) is 6.69. The van der Waals surface area contributed by atoms with Gasteiger partial charge in [-0.1, -0.05) is 20.3 Å². The number of rotatable bonds is 5. The molecule has 0 aliphatic heterocycles. The van der Waals surface area contributed by atoms with Crippen LogP contribution in [0.5, 0.6) is 0 Å². The minimum absolute atomic E-state index is 0.0798. The lowest BCUT2D eigenvalue weighted by molar-refractivity contribution is 0.405. The van der Waals surface area contributed by atoms with Crippen LogP contribution in [0.2, 0.25) is 5.22 Å². The third-order valence-corrected chi connectivity index (χ3v) is 2.86. The molecule has 2 atom stereocenters. The topological polar surface area (TPSA) is 51.2 Å². The van der Waals surface area contributed by atoms with E-state index in [-0.39, 0.29) is 6.04 Å². The summed E-state index contributed by atoms with van der Waals surface area (Å²) in [5.41, 5.74) is 3.71. The molecule has 1 heterocycles. The molecule has 0 fully saturated rings. The molecule has 0 radical (unpaired) electrons. The molecular weight excluding hydrogens is 200 g/mol. The van der Waals surface area contributed by atoms with Crippen LogP contribution in [0, 0.1) is 5.92 Å². The fourth-order valence-electron chi connectivity index (χ4n) is 1.41. The third kappa shape index (κ3) is 2.74. The van der Waals surface area contributed by atoms with Gasteiger partial charge in [0, 0.05) is 5.56 Å². The number of furan rings is 1. The molecule has 0 saturated carbocycles. The SMILES string of the molecule is CCC(C)CC(NN)c1ccoc1Cl. The van der Waals surface area contributed by atoms with Crippen molar-refractivity contribution in [3.05, 3.63) is 23.1 Å². The summed E-state index contributed by atoms with van der Waals surface area (Å²) >= 11 is 5.88. The first-order valence-electron chi connectivity index (χ1n) is 4.88. The van der Waals surface area contributed by atoms with Crippen molar-refractivity contribution in [1.82, 2.24) is 5.43 Å². The monoisotopic (exact) mass is 216 g/mol. The van der Waals surface area contributed by atoms with Gasteiger partial charge in [0.25, 0.3) is 0 Å². The molecule has 0 aliphatic carbocycles. The molecule has 80 valence electrons. The number of hydrazine groups is 1. The maximum atomic E-state index is 5.88. The third-order valence-electron chi connectivity index (χ3n) is 2.56. The Labute approximate surface area is 89.6 Å². The number of nitrogens with one attached hydrogen (secondary N) is 1. The van der Waals surface area contributed by atoms with E-state index in [1.165, 1.54) is 0 Å². The highest BCUT2D eigenvalue weighted by molar-refractivity contribution is 6.29. The predicted molar refractivity (Wildman–Crippen MR) is 57.9 cm³/mol. The summed E-state index contributed by atoms with van der Waals surface area (Å²) in [6, 6.07) is 1.94. The van der Waals surface area contributed by atoms with Gasteiger partial charge in [0.1, 0.15) is 0 Å². The lowest BCUT2D eigenvalue weighted by atomic mass is 9.96. The van der Waals surface area contributed by atoms with E-state index in [4.69, 9.17) is 21.9 Å². The summed E-state index contributed by atoms with van der Waals surface area (Å²) in [6.07, 6.45) is 3.68. The van der Waals surface area contributed by atoms with Gasteiger partial charge in [-0.25, -0.2) is 0 Å². The van der Waals surface area contributed by atoms with Crippen LogP contribution in [0.3, 0.4) is 0 Å². The van der Waals surface area contributed by atoms with Crippen LogP contribution in [-0.2, 0) is 0 Å². The second kappa shape index (κ2) is 5.39. The van der Waals surface area contributed by atoms with Crippen molar-refractivity contribution in [2.75, 3.05) is 0 Å². The van der Waals surface area contributed by atoms with Crippen LogP contribution in [0.4, 0.5) is 0 Å². The summed E-state index contributed by atoms with van der Waals surface area (Å²) in [6.45, 7) is 4.35. The second-order valence-corrected chi connectivity index (χ2v) is 3.96. The van der Waals surface area contributed by atoms with E-state index in [1.54, 1.807) is 6.26 Å². The van der Waals surface area contributed by atoms with Gasteiger partial charge in [-0.05, 0) is 30.0 Å². The van der Waals surface area contributed by atoms with Crippen molar-refractivity contribution in [3.8, 4) is 0 Å². The first kappa shape index (κ1) is 11.6. The van der Waals surface area contributed by atoms with Gasteiger partial charge >= 0.3 is 0 Å². The quantitative estimate of drug-likeness (QED) is 0.588. The molecule has 3 nitrogen and oxygen atoms in total. The van der Waals surface area contributed by atoms with Crippen LogP contribution < -0.4 is 11.3 Å². The Hall–Kier alpha value is -0.510. The highest BCUT2D eigenvalue weighted by Crippen LogP contribution is 2.28. The molecule has 0 spiro atoms. The molecule has 4 heteroatoms. The van der Waals surface area contributed by atoms with Crippen LogP contribution in [0.15, 0.2) is 16.7 Å². The minimum atomic E-state index is 0.0798. The molecule has 0 aliphatic rings. The van der Waals surface area contributed by atoms with E-state index < -0.39 is 0 Å². The minimum Gasteiger partial charge on any atom is -0.453 e. The summed E-state index contributed by atoms with van der Waals surface area (Å²) < 4.78 is 5.03. The molecule has 1 rings (SSSR count). The zero-order valence-electron chi connectivity index (χ0n) is 8.59. The highest BCUT2D eigenvalue weighted by atomic mass is 35.5. The van der Waals surface area contributed by atoms with Crippen LogP contribution in [0.1, 0.15) is 38.3 Å². The maximum absolute atomic E-state index is 5.88. The fourth-order valence-corrected chi connectivity index (χ4v) is 1.65. The van der Waals surface area contributed by atoms with E-state index in [9.17, 15) is 0 Å². The number of hydrogen-bond donors (Lipinski definition) is 2. The summed E-state index contributed by atoms with van der Waals surface area (Å²) in [5, 5.41) is 0.427. The van der Waals surface area contributed by atoms with Crippen LogP contribution in [-0.4, -0.2) is 0 Å². The van der Waals surface area contributed by atoms with Crippen molar-refractivity contribution in [1.29, 1.82) is 0 Å². The van der Waals surface area contributed by atoms with Crippen molar-refractivity contribution in [2.24, 2.45) is 11.8 Å². The zero-order valence-corrected chi connectivity index (χ0v) is 9.34. The van der Waals surface area contributed by atoms with Crippen LogP contribution >= 0.6 is 11.6 Å². The second-order valence-electron chi connectivity index (χ2n) is 3.62. The van der Waals surface area contributed by atoms with Gasteiger partial charge < -0.3 is 4.42 Å². The average molecular weight is 217 g/mol. The normalized spacial score (nSPS) is 15.4. The van der Waals surface area contributed by atoms with E-state index >= 15 is 0 Å². The molecule has 14 heavy (non-hydrogen) atoms. The van der Waals surface area contributed by atoms with Gasteiger partial charge in [0.15, 0.2) is 5.22 Å². The standard InChI is InChI=1S/C10H17ClN2O/c1-3-7(2)6-9(13-12)8-4-5-14-10(8)11/h4-5,7,9,13H,3,6,12H2,1-2H3. The van der Waals surface area contributed by atoms with Gasteiger partial charge in [-0.15, -0.1) is 0 Å². The molecule has 0 saturated heterocycles. The molecular formula is C10H17ClN2O. The smallest absolute Gasteiger partial charge is 0.197 e. The van der Waals surface area contributed by atoms with Gasteiger partial charge in [0.05, 0.1) is 12.3 Å². The summed E-state index contributed by atoms with van der Waals surface area (Å²) in [7, 11) is 0. The molecule has 1 aromatic heterocycles. The number of halogens is 1. The van der Waals surface area contributed by atoms with E-state index in [0.717, 1.165) is 18.4 Å². The van der Waals surface area contributed by atoms with Crippen LogP contribution in [0.25, 0.3) is 0 Å². The lowest BCUT2D eigenvalue weighted by Gasteiger charge is -2.18. The van der Waals surface area contributed by atoms with E-state index in [2.05, 4.69) is 19.3 Å². The molecule has 2 unspecified atom stereocenters. The van der Waals surface area contributed by atoms with Crippen molar-refractivity contribution in [2.45, 2.75) is 32.7 Å². The lowest BCUT2D eigenvalue weighted by Crippen LogP contribution is -2.29. The molecule has 3 N–H and O–H groups in total.